The lowest BCUT2D eigenvalue weighted by Crippen LogP contribution is -2.37. The largest absolute Gasteiger partial charge is 0.464 e. The first-order chi connectivity index (χ1) is 19.4. The van der Waals surface area contributed by atoms with Crippen LogP contribution in [-0.2, 0) is 28.5 Å². The molecule has 0 aromatic carbocycles. The number of rotatable bonds is 20. The first-order valence-electron chi connectivity index (χ1n) is 14.5. The molecule has 0 unspecified atom stereocenters. The number of hydrogen-bond acceptors (Lipinski definition) is 8. The van der Waals surface area contributed by atoms with Gasteiger partial charge in [-0.3, -0.25) is 19.4 Å². The van der Waals surface area contributed by atoms with Gasteiger partial charge in [-0.1, -0.05) is 38.5 Å². The van der Waals surface area contributed by atoms with Gasteiger partial charge in [0, 0.05) is 25.9 Å². The van der Waals surface area contributed by atoms with Gasteiger partial charge in [0.2, 0.25) is 0 Å². The molecule has 0 spiro atoms. The third-order valence-corrected chi connectivity index (χ3v) is 5.41. The summed E-state index contributed by atoms with van der Waals surface area (Å²) >= 11 is 0. The fourth-order valence-corrected chi connectivity index (χ4v) is 3.21. The summed E-state index contributed by atoms with van der Waals surface area (Å²) < 4.78 is 20.4. The number of nitrogens with zero attached hydrogens (tertiary/aromatic N) is 2. The van der Waals surface area contributed by atoms with Crippen LogP contribution in [0.25, 0.3) is 0 Å². The normalized spacial score (nSPS) is 9.80. The summed E-state index contributed by atoms with van der Waals surface area (Å²) in [6, 6.07) is 0. The maximum absolute atomic E-state index is 12.1. The van der Waals surface area contributed by atoms with E-state index in [0.29, 0.717) is 52.0 Å². The van der Waals surface area contributed by atoms with Gasteiger partial charge >= 0.3 is 24.1 Å². The molecule has 0 bridgehead atoms. The van der Waals surface area contributed by atoms with Crippen molar-refractivity contribution in [2.45, 2.75) is 91.9 Å². The quantitative estimate of drug-likeness (QED) is 0.0885. The highest BCUT2D eigenvalue weighted by molar-refractivity contribution is 5.78. The maximum Gasteiger partial charge on any atom is 0.410 e. The van der Waals surface area contributed by atoms with Gasteiger partial charge in [0.15, 0.2) is 0 Å². The van der Waals surface area contributed by atoms with Gasteiger partial charge in [-0.05, 0) is 64.2 Å². The second-order valence-corrected chi connectivity index (χ2v) is 8.91. The number of carbonyl (C=O) groups excluding carboxylic acids is 4. The van der Waals surface area contributed by atoms with Crippen molar-refractivity contribution in [1.29, 1.82) is 0 Å². The van der Waals surface area contributed by atoms with E-state index in [-0.39, 0.29) is 26.3 Å². The van der Waals surface area contributed by atoms with E-state index in [9.17, 15) is 19.2 Å². The number of esters is 2. The molecule has 0 heterocycles. The maximum atomic E-state index is 12.1. The molecule has 0 N–H and O–H groups in total. The second-order valence-electron chi connectivity index (χ2n) is 8.91. The third-order valence-electron chi connectivity index (χ3n) is 5.41. The average molecular weight is 565 g/mol. The molecule has 0 rings (SSSR count). The van der Waals surface area contributed by atoms with Crippen LogP contribution in [0.4, 0.5) is 9.59 Å². The molecule has 0 aromatic rings. The van der Waals surface area contributed by atoms with Crippen molar-refractivity contribution in [2.24, 2.45) is 0 Å². The van der Waals surface area contributed by atoms with E-state index in [1.165, 1.54) is 9.80 Å². The zero-order valence-electron chi connectivity index (χ0n) is 24.9. The van der Waals surface area contributed by atoms with Crippen LogP contribution in [0.1, 0.15) is 91.9 Å². The van der Waals surface area contributed by atoms with Gasteiger partial charge < -0.3 is 18.9 Å². The lowest BCUT2D eigenvalue weighted by atomic mass is 10.2. The van der Waals surface area contributed by atoms with E-state index in [0.717, 1.165) is 38.5 Å². The Morgan fingerprint density at radius 1 is 0.550 bits per heavy atom. The van der Waals surface area contributed by atoms with Crippen molar-refractivity contribution in [2.75, 3.05) is 52.6 Å². The molecule has 40 heavy (non-hydrogen) atoms. The smallest absolute Gasteiger partial charge is 0.410 e. The molecule has 10 heteroatoms. The van der Waals surface area contributed by atoms with Gasteiger partial charge in [-0.2, -0.15) is 0 Å². The van der Waals surface area contributed by atoms with Gasteiger partial charge in [0.25, 0.3) is 0 Å². The standard InChI is InChI=1S/C30H48N2O8/c1-5-9-23-39-27(33)25-31(29(35)37-7-3)21-19-17-15-13-11-12-14-16-18-20-22-32(30(36)38-8-4)26-28(34)40-24-10-6-2/h5-10,15-26H2,1-4H3. The van der Waals surface area contributed by atoms with Crippen molar-refractivity contribution in [3.05, 3.63) is 0 Å². The van der Waals surface area contributed by atoms with E-state index in [1.54, 1.807) is 13.8 Å². The minimum Gasteiger partial charge on any atom is -0.464 e. The molecule has 0 fully saturated rings. The van der Waals surface area contributed by atoms with Gasteiger partial charge in [0.1, 0.15) is 13.1 Å². The van der Waals surface area contributed by atoms with Crippen molar-refractivity contribution in [3.8, 4) is 23.7 Å². The fraction of sp³-hybridized carbons (Fsp3) is 0.733. The molecule has 0 aliphatic heterocycles. The Labute approximate surface area is 240 Å². The van der Waals surface area contributed by atoms with Crippen LogP contribution in [0, 0.1) is 23.7 Å². The Morgan fingerprint density at radius 2 is 0.950 bits per heavy atom. The van der Waals surface area contributed by atoms with Crippen LogP contribution in [0.15, 0.2) is 0 Å². The molecular weight excluding hydrogens is 516 g/mol. The van der Waals surface area contributed by atoms with Gasteiger partial charge in [0.05, 0.1) is 26.4 Å². The summed E-state index contributed by atoms with van der Waals surface area (Å²) in [5.74, 6) is 10.8. The molecule has 0 atom stereocenters. The minimum absolute atomic E-state index is 0.125. The van der Waals surface area contributed by atoms with Crippen molar-refractivity contribution in [3.63, 3.8) is 0 Å². The van der Waals surface area contributed by atoms with Crippen LogP contribution in [0.2, 0.25) is 0 Å². The molecule has 0 aromatic heterocycles. The van der Waals surface area contributed by atoms with Crippen molar-refractivity contribution < 1.29 is 38.1 Å². The topological polar surface area (TPSA) is 112 Å². The summed E-state index contributed by atoms with van der Waals surface area (Å²) in [5, 5.41) is 0. The summed E-state index contributed by atoms with van der Waals surface area (Å²) in [6.07, 6.45) is 6.47. The lowest BCUT2D eigenvalue weighted by Gasteiger charge is -2.20. The van der Waals surface area contributed by atoms with E-state index in [4.69, 9.17) is 18.9 Å². The molecule has 0 saturated carbocycles. The highest BCUT2D eigenvalue weighted by atomic mass is 16.6. The zero-order chi connectivity index (χ0) is 29.8. The van der Waals surface area contributed by atoms with Crippen molar-refractivity contribution in [1.82, 2.24) is 9.80 Å². The molecule has 0 aliphatic rings. The van der Waals surface area contributed by atoms with E-state index < -0.39 is 24.1 Å². The first-order valence-corrected chi connectivity index (χ1v) is 14.5. The number of ether oxygens (including phenoxy) is 4. The lowest BCUT2D eigenvalue weighted by molar-refractivity contribution is -0.145. The predicted octanol–water partition coefficient (Wildman–Crippen LogP) is 4.94. The zero-order valence-corrected chi connectivity index (χ0v) is 24.9. The van der Waals surface area contributed by atoms with E-state index in [2.05, 4.69) is 23.7 Å². The minimum atomic E-state index is -0.524. The Hall–Kier alpha value is -3.40. The summed E-state index contributed by atoms with van der Waals surface area (Å²) in [5.41, 5.74) is 0. The van der Waals surface area contributed by atoms with Crippen molar-refractivity contribution >= 4 is 24.1 Å². The van der Waals surface area contributed by atoms with Gasteiger partial charge in [-0.25, -0.2) is 9.59 Å². The van der Waals surface area contributed by atoms with E-state index in [1.807, 2.05) is 13.8 Å². The molecule has 2 amide bonds. The molecule has 0 saturated heterocycles. The number of unbranched alkanes of at least 4 members (excludes halogenated alkanes) is 6. The van der Waals surface area contributed by atoms with Gasteiger partial charge in [-0.15, -0.1) is 0 Å². The predicted molar refractivity (Wildman–Crippen MR) is 152 cm³/mol. The molecule has 0 radical (unpaired) electrons. The van der Waals surface area contributed by atoms with Crippen LogP contribution in [0.3, 0.4) is 0 Å². The summed E-state index contributed by atoms with van der Waals surface area (Å²) in [4.78, 5) is 50.9. The first kappa shape index (κ1) is 36.6. The summed E-state index contributed by atoms with van der Waals surface area (Å²) in [6.45, 7) is 9.16. The highest BCUT2D eigenvalue weighted by Crippen LogP contribution is 2.04. The number of hydrogen-bond donors (Lipinski definition) is 0. The Morgan fingerprint density at radius 3 is 1.30 bits per heavy atom. The highest BCUT2D eigenvalue weighted by Gasteiger charge is 2.19. The fourth-order valence-electron chi connectivity index (χ4n) is 3.21. The number of amides is 2. The molecule has 226 valence electrons. The molecular formula is C30H48N2O8. The Kier molecular flexibility index (Phi) is 23.7. The van der Waals surface area contributed by atoms with Crippen LogP contribution >= 0.6 is 0 Å². The van der Waals surface area contributed by atoms with Crippen LogP contribution in [-0.4, -0.2) is 86.5 Å². The number of carbonyl (C=O) groups is 4. The Balaban J connectivity index is 4.34. The second kappa shape index (κ2) is 25.9. The SMILES string of the molecule is CCCCOC(=O)CN(CCCCC#CC#CCCCCN(CC(=O)OCCCC)C(=O)OCC)C(=O)OCC. The van der Waals surface area contributed by atoms with Crippen LogP contribution in [0.5, 0.6) is 0 Å². The monoisotopic (exact) mass is 564 g/mol. The third kappa shape index (κ3) is 20.5. The average Bonchev–Trinajstić information content (AvgIpc) is 2.92. The molecule has 10 nitrogen and oxygen atoms in total. The van der Waals surface area contributed by atoms with Crippen LogP contribution < -0.4 is 0 Å². The summed E-state index contributed by atoms with van der Waals surface area (Å²) in [7, 11) is 0. The Bertz CT molecular complexity index is 783. The molecule has 0 aliphatic carbocycles. The van der Waals surface area contributed by atoms with E-state index >= 15 is 0 Å².